The minimum atomic E-state index is -4.54. The minimum absolute atomic E-state index is 0.0954. The van der Waals surface area contributed by atoms with E-state index >= 15 is 0 Å². The first-order valence-corrected chi connectivity index (χ1v) is 5.69. The lowest BCUT2D eigenvalue weighted by Crippen LogP contribution is -2.31. The average Bonchev–Trinajstić information content (AvgIpc) is 2.90. The Hall–Kier alpha value is -2.09. The molecular weight excluding hydrogens is 275 g/mol. The van der Waals surface area contributed by atoms with Gasteiger partial charge < -0.3 is 14.8 Å². The number of hydrogen-bond donors (Lipinski definition) is 2. The number of nitrogens with zero attached hydrogens (tertiary/aromatic N) is 2. The van der Waals surface area contributed by atoms with E-state index in [0.29, 0.717) is 0 Å². The van der Waals surface area contributed by atoms with Gasteiger partial charge in [0.15, 0.2) is 0 Å². The number of furan rings is 1. The highest BCUT2D eigenvalue weighted by Crippen LogP contribution is 2.28. The van der Waals surface area contributed by atoms with Crippen LogP contribution in [0.4, 0.5) is 19.1 Å². The highest BCUT2D eigenvalue weighted by atomic mass is 19.4. The quantitative estimate of drug-likeness (QED) is 0.903. The molecular formula is C12H12F3N3O2. The van der Waals surface area contributed by atoms with E-state index in [1.807, 2.05) is 0 Å². The molecule has 0 aliphatic carbocycles. The van der Waals surface area contributed by atoms with Gasteiger partial charge in [0.2, 0.25) is 5.95 Å². The molecule has 0 aliphatic heterocycles. The lowest BCUT2D eigenvalue weighted by molar-refractivity contribution is -0.141. The van der Waals surface area contributed by atoms with Gasteiger partial charge in [-0.1, -0.05) is 0 Å². The van der Waals surface area contributed by atoms with Crippen LogP contribution in [0.15, 0.2) is 35.1 Å². The van der Waals surface area contributed by atoms with E-state index in [1.54, 1.807) is 12.1 Å². The second-order valence-electron chi connectivity index (χ2n) is 4.37. The standard InChI is InChI=1S/C12H12F3N3O2/c1-11(19,9-3-2-6-20-9)7-17-10-16-5-4-8(18-10)12(13,14)15/h2-6,19H,7H2,1H3,(H,16,17,18). The van der Waals surface area contributed by atoms with Crippen LogP contribution >= 0.6 is 0 Å². The van der Waals surface area contributed by atoms with Crippen LogP contribution in [0, 0.1) is 0 Å². The Bertz CT molecular complexity index is 568. The van der Waals surface area contributed by atoms with Crippen molar-refractivity contribution in [1.29, 1.82) is 0 Å². The molecule has 0 bridgehead atoms. The topological polar surface area (TPSA) is 71.2 Å². The van der Waals surface area contributed by atoms with Crippen LogP contribution in [0.2, 0.25) is 0 Å². The highest BCUT2D eigenvalue weighted by molar-refractivity contribution is 5.27. The average molecular weight is 287 g/mol. The molecule has 2 N–H and O–H groups in total. The largest absolute Gasteiger partial charge is 0.466 e. The summed E-state index contributed by atoms with van der Waals surface area (Å²) in [5.41, 5.74) is -2.44. The van der Waals surface area contributed by atoms with Crippen molar-refractivity contribution >= 4 is 5.95 Å². The first-order chi connectivity index (χ1) is 9.29. The van der Waals surface area contributed by atoms with E-state index in [0.717, 1.165) is 12.3 Å². The summed E-state index contributed by atoms with van der Waals surface area (Å²) in [6.45, 7) is 1.37. The van der Waals surface area contributed by atoms with Gasteiger partial charge in [-0.3, -0.25) is 0 Å². The number of aromatic nitrogens is 2. The lowest BCUT2D eigenvalue weighted by Gasteiger charge is -2.21. The number of nitrogens with one attached hydrogen (secondary N) is 1. The van der Waals surface area contributed by atoms with Crippen LogP contribution in [0.1, 0.15) is 18.4 Å². The molecule has 5 nitrogen and oxygen atoms in total. The summed E-state index contributed by atoms with van der Waals surface area (Å²) in [7, 11) is 0. The Balaban J connectivity index is 2.08. The van der Waals surface area contributed by atoms with Crippen molar-refractivity contribution in [3.63, 3.8) is 0 Å². The Labute approximate surface area is 112 Å². The fourth-order valence-electron chi connectivity index (χ4n) is 1.53. The van der Waals surface area contributed by atoms with Gasteiger partial charge in [-0.15, -0.1) is 0 Å². The van der Waals surface area contributed by atoms with Crippen LogP contribution in [0.25, 0.3) is 0 Å². The van der Waals surface area contributed by atoms with Crippen LogP contribution < -0.4 is 5.32 Å². The van der Waals surface area contributed by atoms with Crippen molar-refractivity contribution in [2.45, 2.75) is 18.7 Å². The van der Waals surface area contributed by atoms with Crippen LogP contribution in [0.3, 0.4) is 0 Å². The second kappa shape index (κ2) is 5.12. The molecule has 0 aliphatic rings. The number of anilines is 1. The van der Waals surface area contributed by atoms with Gasteiger partial charge in [0.25, 0.3) is 0 Å². The van der Waals surface area contributed by atoms with Crippen molar-refractivity contribution in [2.24, 2.45) is 0 Å². The van der Waals surface area contributed by atoms with E-state index in [-0.39, 0.29) is 18.3 Å². The van der Waals surface area contributed by atoms with Gasteiger partial charge in [-0.2, -0.15) is 13.2 Å². The van der Waals surface area contributed by atoms with Crippen molar-refractivity contribution in [2.75, 3.05) is 11.9 Å². The lowest BCUT2D eigenvalue weighted by atomic mass is 10.0. The molecule has 0 aromatic carbocycles. The first kappa shape index (κ1) is 14.3. The third-order valence-electron chi connectivity index (χ3n) is 2.59. The molecule has 0 amide bonds. The minimum Gasteiger partial charge on any atom is -0.466 e. The van der Waals surface area contributed by atoms with Crippen molar-refractivity contribution < 1.29 is 22.7 Å². The van der Waals surface area contributed by atoms with Gasteiger partial charge in [-0.05, 0) is 25.1 Å². The molecule has 0 fully saturated rings. The van der Waals surface area contributed by atoms with Crippen LogP contribution in [-0.4, -0.2) is 21.6 Å². The molecule has 2 heterocycles. The van der Waals surface area contributed by atoms with Gasteiger partial charge in [0.05, 0.1) is 12.8 Å². The maximum absolute atomic E-state index is 12.5. The Morgan fingerprint density at radius 3 is 2.70 bits per heavy atom. The van der Waals surface area contributed by atoms with Crippen LogP contribution in [0.5, 0.6) is 0 Å². The van der Waals surface area contributed by atoms with E-state index < -0.39 is 17.5 Å². The zero-order valence-corrected chi connectivity index (χ0v) is 10.5. The number of rotatable bonds is 4. The maximum Gasteiger partial charge on any atom is 0.433 e. The SMILES string of the molecule is CC(O)(CNc1nccc(C(F)(F)F)n1)c1ccco1. The number of hydrogen-bond acceptors (Lipinski definition) is 5. The Morgan fingerprint density at radius 1 is 1.35 bits per heavy atom. The number of aliphatic hydroxyl groups is 1. The normalized spacial score (nSPS) is 14.8. The number of alkyl halides is 3. The van der Waals surface area contributed by atoms with E-state index in [1.165, 1.54) is 13.2 Å². The third kappa shape index (κ3) is 3.27. The summed E-state index contributed by atoms with van der Waals surface area (Å²) in [5, 5.41) is 12.7. The predicted molar refractivity (Wildman–Crippen MR) is 63.8 cm³/mol. The molecule has 8 heteroatoms. The monoisotopic (exact) mass is 287 g/mol. The molecule has 0 spiro atoms. The Morgan fingerprint density at radius 2 is 2.10 bits per heavy atom. The van der Waals surface area contributed by atoms with Gasteiger partial charge in [-0.25, -0.2) is 9.97 Å². The van der Waals surface area contributed by atoms with Gasteiger partial charge in [0, 0.05) is 6.20 Å². The van der Waals surface area contributed by atoms with E-state index in [4.69, 9.17) is 4.42 Å². The first-order valence-electron chi connectivity index (χ1n) is 5.69. The summed E-state index contributed by atoms with van der Waals surface area (Å²) in [4.78, 5) is 7.01. The fraction of sp³-hybridized carbons (Fsp3) is 0.333. The summed E-state index contributed by atoms with van der Waals surface area (Å²) in [5.74, 6) is 0.0728. The van der Waals surface area contributed by atoms with E-state index in [2.05, 4.69) is 15.3 Å². The molecule has 2 aromatic heterocycles. The zero-order chi connectivity index (χ0) is 14.8. The number of halogens is 3. The highest BCUT2D eigenvalue weighted by Gasteiger charge is 2.33. The Kier molecular flexibility index (Phi) is 3.67. The molecule has 0 saturated carbocycles. The zero-order valence-electron chi connectivity index (χ0n) is 10.5. The molecule has 2 aromatic rings. The summed E-state index contributed by atoms with van der Waals surface area (Å²) in [6.07, 6.45) is -2.15. The third-order valence-corrected chi connectivity index (χ3v) is 2.59. The molecule has 1 unspecified atom stereocenters. The van der Waals surface area contributed by atoms with Crippen LogP contribution in [-0.2, 0) is 11.8 Å². The van der Waals surface area contributed by atoms with Crippen molar-refractivity contribution in [3.05, 3.63) is 42.1 Å². The molecule has 0 radical (unpaired) electrons. The molecule has 2 rings (SSSR count). The molecule has 20 heavy (non-hydrogen) atoms. The second-order valence-corrected chi connectivity index (χ2v) is 4.37. The molecule has 1 atom stereocenters. The van der Waals surface area contributed by atoms with Gasteiger partial charge >= 0.3 is 6.18 Å². The molecule has 0 saturated heterocycles. The maximum atomic E-state index is 12.5. The van der Waals surface area contributed by atoms with Crippen molar-refractivity contribution in [3.8, 4) is 0 Å². The van der Waals surface area contributed by atoms with Gasteiger partial charge in [0.1, 0.15) is 17.1 Å². The summed E-state index contributed by atoms with van der Waals surface area (Å²) in [6, 6.07) is 3.94. The molecule has 108 valence electrons. The van der Waals surface area contributed by atoms with E-state index in [9.17, 15) is 18.3 Å². The predicted octanol–water partition coefficient (Wildman–Crippen LogP) is 2.41. The summed E-state index contributed by atoms with van der Waals surface area (Å²) >= 11 is 0. The fourth-order valence-corrected chi connectivity index (χ4v) is 1.53. The van der Waals surface area contributed by atoms with Crippen molar-refractivity contribution in [1.82, 2.24) is 9.97 Å². The summed E-state index contributed by atoms with van der Waals surface area (Å²) < 4.78 is 42.5. The smallest absolute Gasteiger partial charge is 0.433 e.